The second kappa shape index (κ2) is 5.85. The van der Waals surface area contributed by atoms with Gasteiger partial charge in [0.25, 0.3) is 0 Å². The van der Waals surface area contributed by atoms with Crippen molar-refractivity contribution in [3.8, 4) is 0 Å². The molecule has 0 amide bonds. The van der Waals surface area contributed by atoms with Crippen molar-refractivity contribution in [2.75, 3.05) is 13.2 Å². The van der Waals surface area contributed by atoms with E-state index in [9.17, 15) is 4.79 Å². The van der Waals surface area contributed by atoms with Crippen LogP contribution in [0.3, 0.4) is 0 Å². The van der Waals surface area contributed by atoms with Gasteiger partial charge in [0.15, 0.2) is 5.78 Å². The molecule has 0 aromatic heterocycles. The van der Waals surface area contributed by atoms with Crippen molar-refractivity contribution in [1.29, 1.82) is 0 Å². The minimum Gasteiger partial charge on any atom is -0.377 e. The van der Waals surface area contributed by atoms with Crippen LogP contribution in [0.1, 0.15) is 27.9 Å². The minimum atomic E-state index is 0.0677. The quantitative estimate of drug-likeness (QED) is 0.790. The molecule has 0 aliphatic carbocycles. The van der Waals surface area contributed by atoms with Gasteiger partial charge >= 0.3 is 0 Å². The largest absolute Gasteiger partial charge is 0.377 e. The van der Waals surface area contributed by atoms with Gasteiger partial charge < -0.3 is 4.74 Å². The van der Waals surface area contributed by atoms with Crippen LogP contribution in [-0.2, 0) is 4.74 Å². The molecule has 0 radical (unpaired) electrons. The van der Waals surface area contributed by atoms with E-state index in [4.69, 9.17) is 4.74 Å². The fourth-order valence-corrected chi connectivity index (χ4v) is 2.38. The lowest BCUT2D eigenvalue weighted by molar-refractivity contribution is 0.103. The molecular weight excluding hydrogens is 248 g/mol. The SMILES string of the molecule is O=C(c1ccccc1)c1ccc(C2=CCOCC2)cc1. The van der Waals surface area contributed by atoms with Gasteiger partial charge in [0.1, 0.15) is 0 Å². The molecule has 3 rings (SSSR count). The molecule has 20 heavy (non-hydrogen) atoms. The normalized spacial score (nSPS) is 14.7. The Bertz CT molecular complexity index is 624. The summed E-state index contributed by atoms with van der Waals surface area (Å²) in [7, 11) is 0. The molecule has 2 nitrogen and oxygen atoms in total. The molecule has 2 aromatic carbocycles. The number of carbonyl (C=O) groups is 1. The summed E-state index contributed by atoms with van der Waals surface area (Å²) in [6.07, 6.45) is 3.05. The zero-order valence-corrected chi connectivity index (χ0v) is 11.2. The molecule has 1 heterocycles. The maximum atomic E-state index is 12.3. The summed E-state index contributed by atoms with van der Waals surface area (Å²) in [5, 5.41) is 0. The van der Waals surface area contributed by atoms with Crippen molar-refractivity contribution in [1.82, 2.24) is 0 Å². The van der Waals surface area contributed by atoms with E-state index in [0.717, 1.165) is 24.2 Å². The van der Waals surface area contributed by atoms with Crippen molar-refractivity contribution < 1.29 is 9.53 Å². The van der Waals surface area contributed by atoms with Gasteiger partial charge in [0.2, 0.25) is 0 Å². The second-order valence-corrected chi connectivity index (χ2v) is 4.83. The highest BCUT2D eigenvalue weighted by Gasteiger charge is 2.10. The standard InChI is InChI=1S/C18H16O2/c19-18(16-4-2-1-3-5-16)17-8-6-14(7-9-17)15-10-12-20-13-11-15/h1-10H,11-13H2. The van der Waals surface area contributed by atoms with Gasteiger partial charge in [-0.05, 0) is 17.6 Å². The lowest BCUT2D eigenvalue weighted by atomic mass is 9.97. The fourth-order valence-electron chi connectivity index (χ4n) is 2.38. The molecule has 1 aliphatic rings. The van der Waals surface area contributed by atoms with E-state index in [1.165, 1.54) is 11.1 Å². The highest BCUT2D eigenvalue weighted by molar-refractivity contribution is 6.09. The Hall–Kier alpha value is -2.19. The van der Waals surface area contributed by atoms with Crippen molar-refractivity contribution in [3.63, 3.8) is 0 Å². The number of hydrogen-bond acceptors (Lipinski definition) is 2. The third kappa shape index (κ3) is 2.70. The molecule has 1 aliphatic heterocycles. The van der Waals surface area contributed by atoms with Gasteiger partial charge in [-0.25, -0.2) is 0 Å². The highest BCUT2D eigenvalue weighted by atomic mass is 16.5. The average Bonchev–Trinajstić information content (AvgIpc) is 2.56. The van der Waals surface area contributed by atoms with Crippen LogP contribution in [0.2, 0.25) is 0 Å². The Kier molecular flexibility index (Phi) is 3.75. The maximum absolute atomic E-state index is 12.3. The molecule has 100 valence electrons. The van der Waals surface area contributed by atoms with Crippen LogP contribution in [-0.4, -0.2) is 19.0 Å². The van der Waals surface area contributed by atoms with Crippen LogP contribution >= 0.6 is 0 Å². The van der Waals surface area contributed by atoms with E-state index in [2.05, 4.69) is 6.08 Å². The van der Waals surface area contributed by atoms with E-state index in [1.54, 1.807) is 0 Å². The van der Waals surface area contributed by atoms with Gasteiger partial charge in [-0.2, -0.15) is 0 Å². The van der Waals surface area contributed by atoms with Gasteiger partial charge in [0, 0.05) is 11.1 Å². The van der Waals surface area contributed by atoms with Crippen LogP contribution in [0.15, 0.2) is 60.7 Å². The topological polar surface area (TPSA) is 26.3 Å². The molecule has 2 heteroatoms. The molecule has 0 saturated heterocycles. The molecule has 0 bridgehead atoms. The van der Waals surface area contributed by atoms with Crippen LogP contribution in [0, 0.1) is 0 Å². The summed E-state index contributed by atoms with van der Waals surface area (Å²) in [5.41, 5.74) is 3.94. The number of benzene rings is 2. The van der Waals surface area contributed by atoms with E-state index in [-0.39, 0.29) is 5.78 Å². The molecule has 0 unspecified atom stereocenters. The third-order valence-electron chi connectivity index (χ3n) is 3.52. The number of hydrogen-bond donors (Lipinski definition) is 0. The summed E-state index contributed by atoms with van der Waals surface area (Å²) in [6, 6.07) is 17.2. The molecule has 2 aromatic rings. The van der Waals surface area contributed by atoms with Crippen molar-refractivity contribution >= 4 is 11.4 Å². The van der Waals surface area contributed by atoms with Crippen LogP contribution in [0.25, 0.3) is 5.57 Å². The van der Waals surface area contributed by atoms with E-state index >= 15 is 0 Å². The van der Waals surface area contributed by atoms with Crippen LogP contribution < -0.4 is 0 Å². The summed E-state index contributed by atoms with van der Waals surface area (Å²) in [4.78, 5) is 12.3. The Labute approximate surface area is 118 Å². The fraction of sp³-hybridized carbons (Fsp3) is 0.167. The monoisotopic (exact) mass is 264 g/mol. The summed E-state index contributed by atoms with van der Waals surface area (Å²) >= 11 is 0. The summed E-state index contributed by atoms with van der Waals surface area (Å²) in [5.74, 6) is 0.0677. The van der Waals surface area contributed by atoms with Crippen LogP contribution in [0.4, 0.5) is 0 Å². The molecule has 0 atom stereocenters. The van der Waals surface area contributed by atoms with E-state index < -0.39 is 0 Å². The molecule has 0 saturated carbocycles. The lowest BCUT2D eigenvalue weighted by Gasteiger charge is -2.13. The van der Waals surface area contributed by atoms with Gasteiger partial charge in [0.05, 0.1) is 13.2 Å². The molecular formula is C18H16O2. The first-order valence-corrected chi connectivity index (χ1v) is 6.81. The number of ketones is 1. The summed E-state index contributed by atoms with van der Waals surface area (Å²) < 4.78 is 5.31. The Morgan fingerprint density at radius 1 is 0.900 bits per heavy atom. The number of ether oxygens (including phenoxy) is 1. The predicted molar refractivity (Wildman–Crippen MR) is 79.7 cm³/mol. The van der Waals surface area contributed by atoms with Gasteiger partial charge in [-0.15, -0.1) is 0 Å². The van der Waals surface area contributed by atoms with Crippen molar-refractivity contribution in [3.05, 3.63) is 77.4 Å². The Morgan fingerprint density at radius 2 is 1.60 bits per heavy atom. The van der Waals surface area contributed by atoms with E-state index in [1.807, 2.05) is 54.6 Å². The van der Waals surface area contributed by atoms with Crippen LogP contribution in [0.5, 0.6) is 0 Å². The van der Waals surface area contributed by atoms with Gasteiger partial charge in [-0.3, -0.25) is 4.79 Å². The molecule has 0 N–H and O–H groups in total. The zero-order chi connectivity index (χ0) is 13.8. The molecule has 0 spiro atoms. The first kappa shape index (κ1) is 12.8. The van der Waals surface area contributed by atoms with Crippen molar-refractivity contribution in [2.24, 2.45) is 0 Å². The first-order valence-electron chi connectivity index (χ1n) is 6.81. The lowest BCUT2D eigenvalue weighted by Crippen LogP contribution is -2.04. The molecule has 0 fully saturated rings. The highest BCUT2D eigenvalue weighted by Crippen LogP contribution is 2.22. The zero-order valence-electron chi connectivity index (χ0n) is 11.2. The Morgan fingerprint density at radius 3 is 2.25 bits per heavy atom. The first-order chi connectivity index (χ1) is 9.84. The average molecular weight is 264 g/mol. The van der Waals surface area contributed by atoms with E-state index in [0.29, 0.717) is 6.61 Å². The minimum absolute atomic E-state index is 0.0677. The Balaban J connectivity index is 1.83. The maximum Gasteiger partial charge on any atom is 0.193 e. The van der Waals surface area contributed by atoms with Crippen molar-refractivity contribution in [2.45, 2.75) is 6.42 Å². The third-order valence-corrected chi connectivity index (χ3v) is 3.52. The van der Waals surface area contributed by atoms with Gasteiger partial charge in [-0.1, -0.05) is 60.7 Å². The predicted octanol–water partition coefficient (Wildman–Crippen LogP) is 3.72. The smallest absolute Gasteiger partial charge is 0.193 e. The summed E-state index contributed by atoms with van der Waals surface area (Å²) in [6.45, 7) is 1.45. The number of carbonyl (C=O) groups excluding carboxylic acids is 1. The second-order valence-electron chi connectivity index (χ2n) is 4.83. The number of rotatable bonds is 3.